The number of aliphatic carboxylic acids is 1. The molecule has 2 aromatic heterocycles. The molecule has 7 heteroatoms. The number of benzene rings is 1. The lowest BCUT2D eigenvalue weighted by molar-refractivity contribution is -0.138. The Bertz CT molecular complexity index is 802. The molecule has 0 aliphatic carbocycles. The molecule has 0 bridgehead atoms. The third kappa shape index (κ3) is 2.61. The molecule has 0 saturated heterocycles. The number of nitrogens with zero attached hydrogens (tertiary/aromatic N) is 2. The van der Waals surface area contributed by atoms with E-state index >= 15 is 0 Å². The topological polar surface area (TPSA) is 108 Å². The van der Waals surface area contributed by atoms with Crippen LogP contribution < -0.4 is 5.32 Å². The van der Waals surface area contributed by atoms with E-state index in [4.69, 9.17) is 9.52 Å². The van der Waals surface area contributed by atoms with Crippen LogP contribution in [0.1, 0.15) is 0 Å². The number of aliphatic hydroxyl groups is 1. The maximum absolute atomic E-state index is 11.1. The van der Waals surface area contributed by atoms with Gasteiger partial charge in [-0.05, 0) is 24.3 Å². The number of nitrogens with one attached hydrogen (secondary N) is 1. The summed E-state index contributed by atoms with van der Waals surface area (Å²) in [6, 6.07) is 9.49. The van der Waals surface area contributed by atoms with Gasteiger partial charge in [0.05, 0.1) is 18.4 Å². The van der Waals surface area contributed by atoms with E-state index in [1.165, 1.54) is 6.26 Å². The van der Waals surface area contributed by atoms with E-state index in [9.17, 15) is 9.90 Å². The number of rotatable bonds is 5. The summed E-state index contributed by atoms with van der Waals surface area (Å²) in [5.74, 6) is -0.0128. The first-order chi connectivity index (χ1) is 10.7. The normalized spacial score (nSPS) is 12.2. The Kier molecular flexibility index (Phi) is 3.71. The molecule has 3 rings (SSSR count). The summed E-state index contributed by atoms with van der Waals surface area (Å²) in [5, 5.41) is 21.6. The van der Waals surface area contributed by atoms with Gasteiger partial charge in [-0.3, -0.25) is 0 Å². The highest BCUT2D eigenvalue weighted by atomic mass is 16.4. The van der Waals surface area contributed by atoms with Crippen LogP contribution in [-0.4, -0.2) is 38.8 Å². The van der Waals surface area contributed by atoms with Crippen LogP contribution in [0, 0.1) is 0 Å². The molecule has 2 heterocycles. The number of anilines is 1. The van der Waals surface area contributed by atoms with Crippen LogP contribution >= 0.6 is 0 Å². The Balaban J connectivity index is 2.12. The molecule has 3 N–H and O–H groups in total. The van der Waals surface area contributed by atoms with E-state index in [2.05, 4.69) is 15.3 Å². The lowest BCUT2D eigenvalue weighted by atomic mass is 10.2. The van der Waals surface area contributed by atoms with Crippen molar-refractivity contribution in [3.05, 3.63) is 42.7 Å². The molecule has 0 amide bonds. The van der Waals surface area contributed by atoms with Crippen LogP contribution in [0.5, 0.6) is 0 Å². The SMILES string of the molecule is O=C(O)C(CO)Nc1nc(-c2ccco2)nc2ccccc12. The zero-order chi connectivity index (χ0) is 15.5. The summed E-state index contributed by atoms with van der Waals surface area (Å²) in [6.07, 6.45) is 1.51. The minimum atomic E-state index is -1.16. The Labute approximate surface area is 125 Å². The number of carbonyl (C=O) groups is 1. The highest BCUT2D eigenvalue weighted by Gasteiger charge is 2.19. The second kappa shape index (κ2) is 5.82. The zero-order valence-corrected chi connectivity index (χ0v) is 11.4. The van der Waals surface area contributed by atoms with Gasteiger partial charge in [-0.2, -0.15) is 0 Å². The minimum absolute atomic E-state index is 0.332. The van der Waals surface area contributed by atoms with Crippen molar-refractivity contribution in [1.29, 1.82) is 0 Å². The number of fused-ring (bicyclic) bond motifs is 1. The number of carboxylic acid groups (broad SMARTS) is 1. The quantitative estimate of drug-likeness (QED) is 0.658. The standard InChI is InChI=1S/C15H13N3O4/c19-8-11(15(20)21)17-13-9-4-1-2-5-10(9)16-14(18-13)12-6-3-7-22-12/h1-7,11,19H,8H2,(H,20,21)(H,16,17,18). The molecule has 1 atom stereocenters. The molecule has 1 unspecified atom stereocenters. The number of furan rings is 1. The predicted molar refractivity (Wildman–Crippen MR) is 79.4 cm³/mol. The average molecular weight is 299 g/mol. The van der Waals surface area contributed by atoms with Gasteiger partial charge in [-0.25, -0.2) is 14.8 Å². The number of aromatic nitrogens is 2. The van der Waals surface area contributed by atoms with Crippen LogP contribution in [0.4, 0.5) is 5.82 Å². The summed E-state index contributed by atoms with van der Waals surface area (Å²) in [5.41, 5.74) is 0.647. The van der Waals surface area contributed by atoms with E-state index < -0.39 is 18.6 Å². The van der Waals surface area contributed by atoms with Crippen LogP contribution in [0.2, 0.25) is 0 Å². The van der Waals surface area contributed by atoms with Crippen molar-refractivity contribution < 1.29 is 19.4 Å². The smallest absolute Gasteiger partial charge is 0.328 e. The molecule has 112 valence electrons. The lowest BCUT2D eigenvalue weighted by Crippen LogP contribution is -2.33. The molecular formula is C15H13N3O4. The average Bonchev–Trinajstić information content (AvgIpc) is 3.06. The third-order valence-corrected chi connectivity index (χ3v) is 3.14. The molecule has 7 nitrogen and oxygen atoms in total. The van der Waals surface area contributed by atoms with Crippen molar-refractivity contribution >= 4 is 22.7 Å². The lowest BCUT2D eigenvalue weighted by Gasteiger charge is -2.14. The Morgan fingerprint density at radius 3 is 2.73 bits per heavy atom. The van der Waals surface area contributed by atoms with E-state index in [-0.39, 0.29) is 0 Å². The largest absolute Gasteiger partial charge is 0.480 e. The van der Waals surface area contributed by atoms with Crippen molar-refractivity contribution in [2.24, 2.45) is 0 Å². The molecule has 1 aromatic carbocycles. The van der Waals surface area contributed by atoms with Gasteiger partial charge in [-0.15, -0.1) is 0 Å². The summed E-state index contributed by atoms with van der Waals surface area (Å²) in [6.45, 7) is -0.552. The van der Waals surface area contributed by atoms with Crippen LogP contribution in [0.3, 0.4) is 0 Å². The van der Waals surface area contributed by atoms with Gasteiger partial charge in [0.25, 0.3) is 0 Å². The number of hydrogen-bond acceptors (Lipinski definition) is 6. The summed E-state index contributed by atoms with van der Waals surface area (Å²) in [4.78, 5) is 19.8. The highest BCUT2D eigenvalue weighted by Crippen LogP contribution is 2.25. The van der Waals surface area contributed by atoms with Crippen molar-refractivity contribution in [2.75, 3.05) is 11.9 Å². The third-order valence-electron chi connectivity index (χ3n) is 3.14. The first-order valence-electron chi connectivity index (χ1n) is 6.60. The molecule has 3 aromatic rings. The Morgan fingerprint density at radius 2 is 2.05 bits per heavy atom. The van der Waals surface area contributed by atoms with Crippen LogP contribution in [-0.2, 0) is 4.79 Å². The highest BCUT2D eigenvalue weighted by molar-refractivity contribution is 5.92. The van der Waals surface area contributed by atoms with Gasteiger partial charge in [0.15, 0.2) is 11.6 Å². The number of carboxylic acids is 1. The van der Waals surface area contributed by atoms with Crippen molar-refractivity contribution in [3.8, 4) is 11.6 Å². The molecule has 0 saturated carbocycles. The molecule has 0 fully saturated rings. The molecule has 0 radical (unpaired) electrons. The Hall–Kier alpha value is -2.93. The molecule has 22 heavy (non-hydrogen) atoms. The number of hydrogen-bond donors (Lipinski definition) is 3. The van der Waals surface area contributed by atoms with Gasteiger partial charge in [-0.1, -0.05) is 12.1 Å². The fourth-order valence-corrected chi connectivity index (χ4v) is 2.05. The maximum Gasteiger partial charge on any atom is 0.328 e. The predicted octanol–water partition coefficient (Wildman–Crippen LogP) is 1.75. The first-order valence-corrected chi connectivity index (χ1v) is 6.60. The molecule has 0 aliphatic heterocycles. The van der Waals surface area contributed by atoms with E-state index in [1.54, 1.807) is 30.3 Å². The van der Waals surface area contributed by atoms with Gasteiger partial charge in [0.1, 0.15) is 11.9 Å². The van der Waals surface area contributed by atoms with Gasteiger partial charge >= 0.3 is 5.97 Å². The number of para-hydroxylation sites is 1. The second-order valence-corrected chi connectivity index (χ2v) is 4.61. The molecular weight excluding hydrogens is 286 g/mol. The summed E-state index contributed by atoms with van der Waals surface area (Å²) < 4.78 is 5.28. The van der Waals surface area contributed by atoms with Gasteiger partial charge in [0, 0.05) is 5.39 Å². The minimum Gasteiger partial charge on any atom is -0.480 e. The van der Waals surface area contributed by atoms with Crippen molar-refractivity contribution in [2.45, 2.75) is 6.04 Å². The Morgan fingerprint density at radius 1 is 1.23 bits per heavy atom. The van der Waals surface area contributed by atoms with Crippen molar-refractivity contribution in [1.82, 2.24) is 9.97 Å². The summed E-state index contributed by atoms with van der Waals surface area (Å²) in [7, 11) is 0. The second-order valence-electron chi connectivity index (χ2n) is 4.61. The van der Waals surface area contributed by atoms with Crippen LogP contribution in [0.25, 0.3) is 22.5 Å². The van der Waals surface area contributed by atoms with Gasteiger partial charge < -0.3 is 19.9 Å². The first kappa shape index (κ1) is 14.0. The fourth-order valence-electron chi connectivity index (χ4n) is 2.05. The number of aliphatic hydroxyl groups excluding tert-OH is 1. The van der Waals surface area contributed by atoms with E-state index in [1.807, 2.05) is 6.07 Å². The molecule has 0 aliphatic rings. The summed E-state index contributed by atoms with van der Waals surface area (Å²) >= 11 is 0. The van der Waals surface area contributed by atoms with E-state index in [0.717, 1.165) is 0 Å². The monoisotopic (exact) mass is 299 g/mol. The fraction of sp³-hybridized carbons (Fsp3) is 0.133. The van der Waals surface area contributed by atoms with Gasteiger partial charge in [0.2, 0.25) is 0 Å². The van der Waals surface area contributed by atoms with E-state index in [0.29, 0.717) is 28.3 Å². The van der Waals surface area contributed by atoms with Crippen molar-refractivity contribution in [3.63, 3.8) is 0 Å². The zero-order valence-electron chi connectivity index (χ0n) is 11.4. The van der Waals surface area contributed by atoms with Crippen LogP contribution in [0.15, 0.2) is 47.1 Å². The maximum atomic E-state index is 11.1. The molecule has 0 spiro atoms.